The van der Waals surface area contributed by atoms with Crippen LogP contribution in [0.3, 0.4) is 0 Å². The molecule has 0 aromatic rings. The molecule has 0 amide bonds. The first-order valence-electron chi connectivity index (χ1n) is 5.48. The molecule has 2 heteroatoms. The van der Waals surface area contributed by atoms with Crippen molar-refractivity contribution in [2.45, 2.75) is 51.9 Å². The SMILES string of the molecule is CC(C)O[Si](C)(C)C(C)C1=CCC=C1. The van der Waals surface area contributed by atoms with Crippen molar-refractivity contribution in [2.24, 2.45) is 0 Å². The molecule has 0 heterocycles. The van der Waals surface area contributed by atoms with Gasteiger partial charge in [0.15, 0.2) is 8.32 Å². The maximum Gasteiger partial charge on any atom is 0.194 e. The molecule has 0 saturated heterocycles. The maximum atomic E-state index is 6.08. The molecular weight excluding hydrogens is 188 g/mol. The van der Waals surface area contributed by atoms with Gasteiger partial charge in [-0.2, -0.15) is 0 Å². The first-order valence-corrected chi connectivity index (χ1v) is 8.46. The van der Waals surface area contributed by atoms with Crippen LogP contribution in [0, 0.1) is 0 Å². The highest BCUT2D eigenvalue weighted by molar-refractivity contribution is 6.73. The van der Waals surface area contributed by atoms with Crippen LogP contribution in [0.4, 0.5) is 0 Å². The van der Waals surface area contributed by atoms with Crippen molar-refractivity contribution in [3.63, 3.8) is 0 Å². The summed E-state index contributed by atoms with van der Waals surface area (Å²) in [4.78, 5) is 0. The number of allylic oxidation sites excluding steroid dienone is 4. The van der Waals surface area contributed by atoms with E-state index in [-0.39, 0.29) is 0 Å². The summed E-state index contributed by atoms with van der Waals surface area (Å²) in [6.07, 6.45) is 8.26. The van der Waals surface area contributed by atoms with Gasteiger partial charge in [-0.25, -0.2) is 0 Å². The third kappa shape index (κ3) is 2.82. The Morgan fingerprint density at radius 3 is 2.36 bits per heavy atom. The molecule has 1 atom stereocenters. The highest BCUT2D eigenvalue weighted by Gasteiger charge is 2.33. The summed E-state index contributed by atoms with van der Waals surface area (Å²) in [5.41, 5.74) is 2.07. The van der Waals surface area contributed by atoms with Crippen LogP contribution in [-0.2, 0) is 4.43 Å². The van der Waals surface area contributed by atoms with Crippen LogP contribution in [0.25, 0.3) is 0 Å². The first-order chi connectivity index (χ1) is 6.43. The summed E-state index contributed by atoms with van der Waals surface area (Å²) in [5.74, 6) is 0. The van der Waals surface area contributed by atoms with E-state index in [1.165, 1.54) is 5.57 Å². The van der Waals surface area contributed by atoms with Gasteiger partial charge >= 0.3 is 0 Å². The van der Waals surface area contributed by atoms with Gasteiger partial charge in [0.25, 0.3) is 0 Å². The summed E-state index contributed by atoms with van der Waals surface area (Å²) in [6, 6.07) is 0. The molecule has 1 rings (SSSR count). The third-order valence-corrected chi connectivity index (χ3v) is 6.38. The highest BCUT2D eigenvalue weighted by atomic mass is 28.4. The largest absolute Gasteiger partial charge is 0.414 e. The van der Waals surface area contributed by atoms with Crippen LogP contribution in [-0.4, -0.2) is 14.4 Å². The minimum atomic E-state index is -1.55. The van der Waals surface area contributed by atoms with Crippen molar-refractivity contribution in [1.29, 1.82) is 0 Å². The van der Waals surface area contributed by atoms with Crippen LogP contribution >= 0.6 is 0 Å². The van der Waals surface area contributed by atoms with E-state index in [0.717, 1.165) is 6.42 Å². The predicted octanol–water partition coefficient (Wildman–Crippen LogP) is 3.89. The smallest absolute Gasteiger partial charge is 0.194 e. The van der Waals surface area contributed by atoms with Crippen LogP contribution in [0.1, 0.15) is 27.2 Å². The lowest BCUT2D eigenvalue weighted by Gasteiger charge is -2.32. The van der Waals surface area contributed by atoms with Gasteiger partial charge in [-0.15, -0.1) is 0 Å². The van der Waals surface area contributed by atoms with E-state index in [1.54, 1.807) is 0 Å². The lowest BCUT2D eigenvalue weighted by atomic mass is 10.2. The van der Waals surface area contributed by atoms with Gasteiger partial charge in [0.1, 0.15) is 0 Å². The summed E-state index contributed by atoms with van der Waals surface area (Å²) in [7, 11) is -1.55. The van der Waals surface area contributed by atoms with E-state index < -0.39 is 8.32 Å². The van der Waals surface area contributed by atoms with Gasteiger partial charge in [-0.05, 0) is 44.5 Å². The minimum absolute atomic E-state index is 0.352. The van der Waals surface area contributed by atoms with E-state index in [4.69, 9.17) is 4.43 Å². The van der Waals surface area contributed by atoms with Crippen LogP contribution in [0.15, 0.2) is 23.8 Å². The molecule has 0 aromatic carbocycles. The van der Waals surface area contributed by atoms with Crippen molar-refractivity contribution >= 4 is 8.32 Å². The van der Waals surface area contributed by atoms with Crippen molar-refractivity contribution < 1.29 is 4.43 Å². The molecule has 80 valence electrons. The Morgan fingerprint density at radius 2 is 1.93 bits per heavy atom. The Bertz CT molecular complexity index is 251. The van der Waals surface area contributed by atoms with Crippen LogP contribution < -0.4 is 0 Å². The van der Waals surface area contributed by atoms with E-state index in [9.17, 15) is 0 Å². The lowest BCUT2D eigenvalue weighted by Crippen LogP contribution is -2.38. The Hall–Kier alpha value is -0.343. The zero-order valence-electron chi connectivity index (χ0n) is 10.0. The molecule has 0 fully saturated rings. The van der Waals surface area contributed by atoms with Gasteiger partial charge in [0.2, 0.25) is 0 Å². The number of hydrogen-bond acceptors (Lipinski definition) is 1. The van der Waals surface area contributed by atoms with E-state index in [2.05, 4.69) is 52.1 Å². The third-order valence-electron chi connectivity index (χ3n) is 2.88. The fraction of sp³-hybridized carbons (Fsp3) is 0.667. The minimum Gasteiger partial charge on any atom is -0.414 e. The van der Waals surface area contributed by atoms with Crippen LogP contribution in [0.2, 0.25) is 18.6 Å². The molecule has 0 radical (unpaired) electrons. The Kier molecular flexibility index (Phi) is 3.73. The molecule has 1 nitrogen and oxygen atoms in total. The second-order valence-electron chi connectivity index (χ2n) is 4.83. The molecule has 1 aliphatic carbocycles. The molecule has 0 aliphatic heterocycles. The summed E-state index contributed by atoms with van der Waals surface area (Å²) in [5, 5.41) is 0. The maximum absolute atomic E-state index is 6.08. The zero-order chi connectivity index (χ0) is 10.8. The second-order valence-corrected chi connectivity index (χ2v) is 9.14. The van der Waals surface area contributed by atoms with Gasteiger partial charge in [0, 0.05) is 6.10 Å². The molecular formula is C12H22OSi. The number of hydrogen-bond donors (Lipinski definition) is 0. The normalized spacial score (nSPS) is 18.9. The fourth-order valence-corrected chi connectivity index (χ4v) is 4.34. The van der Waals surface area contributed by atoms with E-state index >= 15 is 0 Å². The topological polar surface area (TPSA) is 9.23 Å². The van der Waals surface area contributed by atoms with Gasteiger partial charge < -0.3 is 4.43 Å². The van der Waals surface area contributed by atoms with Gasteiger partial charge in [-0.3, -0.25) is 0 Å². The first kappa shape index (κ1) is 11.7. The molecule has 1 aliphatic rings. The monoisotopic (exact) mass is 210 g/mol. The van der Waals surface area contributed by atoms with Crippen molar-refractivity contribution in [3.05, 3.63) is 23.8 Å². The molecule has 1 unspecified atom stereocenters. The summed E-state index contributed by atoms with van der Waals surface area (Å²) >= 11 is 0. The predicted molar refractivity (Wildman–Crippen MR) is 65.0 cm³/mol. The fourth-order valence-electron chi connectivity index (χ4n) is 1.91. The molecule has 14 heavy (non-hydrogen) atoms. The van der Waals surface area contributed by atoms with Crippen molar-refractivity contribution in [3.8, 4) is 0 Å². The summed E-state index contributed by atoms with van der Waals surface area (Å²) in [6.45, 7) is 11.2. The molecule has 0 N–H and O–H groups in total. The Labute approximate surface area is 89.0 Å². The Morgan fingerprint density at radius 1 is 1.29 bits per heavy atom. The standard InChI is InChI=1S/C12H22OSi/c1-10(2)13-14(4,5)11(3)12-8-6-7-9-12/h6,8-11H,7H2,1-5H3. The van der Waals surface area contributed by atoms with E-state index in [0.29, 0.717) is 11.6 Å². The van der Waals surface area contributed by atoms with Gasteiger partial charge in [-0.1, -0.05) is 25.2 Å². The average molecular weight is 210 g/mol. The molecule has 0 spiro atoms. The highest BCUT2D eigenvalue weighted by Crippen LogP contribution is 2.33. The zero-order valence-corrected chi connectivity index (χ0v) is 11.0. The molecule has 0 saturated carbocycles. The lowest BCUT2D eigenvalue weighted by molar-refractivity contribution is 0.228. The van der Waals surface area contributed by atoms with Crippen molar-refractivity contribution in [2.75, 3.05) is 0 Å². The second kappa shape index (κ2) is 4.45. The summed E-state index contributed by atoms with van der Waals surface area (Å²) < 4.78 is 6.08. The molecule has 0 aromatic heterocycles. The van der Waals surface area contributed by atoms with E-state index in [1.807, 2.05) is 0 Å². The molecule has 0 bridgehead atoms. The van der Waals surface area contributed by atoms with Crippen LogP contribution in [0.5, 0.6) is 0 Å². The number of rotatable bonds is 4. The average Bonchev–Trinajstić information content (AvgIpc) is 2.51. The van der Waals surface area contributed by atoms with Crippen molar-refractivity contribution in [1.82, 2.24) is 0 Å². The Balaban J connectivity index is 2.66. The quantitative estimate of drug-likeness (QED) is 0.640. The van der Waals surface area contributed by atoms with Gasteiger partial charge in [0.05, 0.1) is 0 Å².